The highest BCUT2D eigenvalue weighted by molar-refractivity contribution is 7.89. The number of fused-ring (bicyclic) bond motifs is 1. The van der Waals surface area contributed by atoms with Crippen LogP contribution in [0.3, 0.4) is 0 Å². The fraction of sp³-hybridized carbons (Fsp3) is 0.444. The van der Waals surface area contributed by atoms with E-state index in [-0.39, 0.29) is 26.5 Å². The van der Waals surface area contributed by atoms with E-state index in [1.807, 2.05) is 0 Å². The topological polar surface area (TPSA) is 88.2 Å². The molecule has 1 saturated carbocycles. The van der Waals surface area contributed by atoms with E-state index in [0.717, 1.165) is 37.8 Å². The first-order valence-corrected chi connectivity index (χ1v) is 12.1. The molecule has 1 atom stereocenters. The van der Waals surface area contributed by atoms with Crippen LogP contribution in [0.25, 0.3) is 0 Å². The van der Waals surface area contributed by atoms with Gasteiger partial charge in [-0.15, -0.1) is 11.3 Å². The first kappa shape index (κ1) is 20.1. The number of benzene rings is 1. The molecule has 1 heterocycles. The summed E-state index contributed by atoms with van der Waals surface area (Å²) in [6.45, 7) is 2.20. The van der Waals surface area contributed by atoms with Crippen LogP contribution >= 0.6 is 34.5 Å². The quantitative estimate of drug-likeness (QED) is 0.698. The summed E-state index contributed by atoms with van der Waals surface area (Å²) in [6.07, 6.45) is 4.54. The summed E-state index contributed by atoms with van der Waals surface area (Å²) >= 11 is 13.7. The summed E-state index contributed by atoms with van der Waals surface area (Å²) in [4.78, 5) is 18.3. The number of hydrogen-bond acceptors (Lipinski definition) is 5. The molecule has 0 aliphatic heterocycles. The average Bonchev–Trinajstić information content (AvgIpc) is 3.31. The van der Waals surface area contributed by atoms with Gasteiger partial charge < -0.3 is 0 Å². The highest BCUT2D eigenvalue weighted by atomic mass is 35.5. The number of rotatable bonds is 5. The molecule has 0 spiro atoms. The second-order valence-electron chi connectivity index (χ2n) is 7.35. The van der Waals surface area contributed by atoms with Gasteiger partial charge in [-0.25, -0.2) is 18.1 Å². The van der Waals surface area contributed by atoms with Crippen LogP contribution in [0.2, 0.25) is 10.0 Å². The van der Waals surface area contributed by atoms with Gasteiger partial charge in [-0.05, 0) is 50.2 Å². The van der Waals surface area contributed by atoms with Crippen LogP contribution in [0.5, 0.6) is 0 Å². The van der Waals surface area contributed by atoms with Crippen LogP contribution in [0.15, 0.2) is 17.0 Å². The van der Waals surface area contributed by atoms with E-state index < -0.39 is 15.9 Å². The zero-order chi connectivity index (χ0) is 20.1. The van der Waals surface area contributed by atoms with Crippen molar-refractivity contribution in [3.63, 3.8) is 0 Å². The number of amides is 1. The lowest BCUT2D eigenvalue weighted by atomic mass is 9.93. The molecule has 2 aliphatic rings. The molecule has 10 heteroatoms. The van der Waals surface area contributed by atoms with E-state index in [0.29, 0.717) is 11.0 Å². The number of sulfonamides is 1. The molecule has 0 saturated heterocycles. The number of nitrogens with zero attached hydrogens (tertiary/aromatic N) is 1. The minimum Gasteiger partial charge on any atom is -0.298 e. The van der Waals surface area contributed by atoms with Gasteiger partial charge in [0, 0.05) is 10.9 Å². The van der Waals surface area contributed by atoms with Crippen LogP contribution in [0.1, 0.15) is 47.1 Å². The maximum Gasteiger partial charge on any atom is 0.259 e. The average molecular weight is 460 g/mol. The zero-order valence-corrected chi connectivity index (χ0v) is 18.2. The van der Waals surface area contributed by atoms with Gasteiger partial charge in [-0.1, -0.05) is 30.1 Å². The maximum atomic E-state index is 12.7. The molecule has 1 aromatic heterocycles. The van der Waals surface area contributed by atoms with Gasteiger partial charge in [0.1, 0.15) is 4.90 Å². The number of carbonyl (C=O) groups is 1. The molecule has 1 amide bonds. The van der Waals surface area contributed by atoms with Crippen molar-refractivity contribution in [3.05, 3.63) is 38.3 Å². The Morgan fingerprint density at radius 3 is 2.68 bits per heavy atom. The van der Waals surface area contributed by atoms with Gasteiger partial charge in [0.15, 0.2) is 5.13 Å². The van der Waals surface area contributed by atoms with Crippen molar-refractivity contribution in [3.8, 4) is 0 Å². The van der Waals surface area contributed by atoms with Gasteiger partial charge >= 0.3 is 0 Å². The lowest BCUT2D eigenvalue weighted by molar-refractivity contribution is 0.102. The zero-order valence-electron chi connectivity index (χ0n) is 15.1. The Labute approximate surface area is 177 Å². The van der Waals surface area contributed by atoms with Crippen LogP contribution in [-0.2, 0) is 22.9 Å². The predicted octanol–water partition coefficient (Wildman–Crippen LogP) is 4.27. The molecule has 6 nitrogen and oxygen atoms in total. The van der Waals surface area contributed by atoms with E-state index in [2.05, 4.69) is 21.9 Å². The number of nitrogens with one attached hydrogen (secondary N) is 2. The summed E-state index contributed by atoms with van der Waals surface area (Å²) in [5.74, 6) is 0.0950. The number of anilines is 1. The van der Waals surface area contributed by atoms with E-state index >= 15 is 0 Å². The van der Waals surface area contributed by atoms with Crippen molar-refractivity contribution in [1.82, 2.24) is 9.71 Å². The molecule has 28 heavy (non-hydrogen) atoms. The summed E-state index contributed by atoms with van der Waals surface area (Å²) in [7, 11) is -3.82. The largest absolute Gasteiger partial charge is 0.298 e. The lowest BCUT2D eigenvalue weighted by Crippen LogP contribution is -2.26. The predicted molar refractivity (Wildman–Crippen MR) is 111 cm³/mol. The number of aryl methyl sites for hydroxylation is 1. The molecule has 0 radical (unpaired) electrons. The number of halogens is 2. The summed E-state index contributed by atoms with van der Waals surface area (Å²) < 4.78 is 27.6. The highest BCUT2D eigenvalue weighted by Crippen LogP contribution is 2.34. The van der Waals surface area contributed by atoms with Crippen LogP contribution in [0.4, 0.5) is 5.13 Å². The van der Waals surface area contributed by atoms with Gasteiger partial charge in [0.2, 0.25) is 10.0 Å². The first-order valence-electron chi connectivity index (χ1n) is 9.04. The van der Waals surface area contributed by atoms with E-state index in [4.69, 9.17) is 23.2 Å². The Balaban J connectivity index is 1.60. The summed E-state index contributed by atoms with van der Waals surface area (Å²) in [5, 5.41) is 3.31. The van der Waals surface area contributed by atoms with Gasteiger partial charge in [0.25, 0.3) is 5.91 Å². The van der Waals surface area contributed by atoms with Gasteiger partial charge in [-0.3, -0.25) is 10.1 Å². The summed E-state index contributed by atoms with van der Waals surface area (Å²) in [5.41, 5.74) is 1.07. The Hall–Kier alpha value is -1.19. The molecule has 1 aromatic carbocycles. The molecule has 4 rings (SSSR count). The Bertz CT molecular complexity index is 1050. The minimum atomic E-state index is -3.82. The third-order valence-corrected chi connectivity index (χ3v) is 8.19. The van der Waals surface area contributed by atoms with Crippen molar-refractivity contribution in [1.29, 1.82) is 0 Å². The van der Waals surface area contributed by atoms with Gasteiger partial charge in [-0.2, -0.15) is 0 Å². The standard InChI is InChI=1S/C18H19Cl2N3O3S2/c1-9-2-5-14-15(6-9)27-18(21-14)22-17(24)11-7-16(13(20)8-12(11)19)28(25,26)23-10-3-4-10/h7-10,23H,2-6H2,1H3,(H,21,22,24). The molecule has 0 bridgehead atoms. The monoisotopic (exact) mass is 459 g/mol. The molecular formula is C18H19Cl2N3O3S2. The third-order valence-electron chi connectivity index (χ3n) is 4.86. The normalized spacial score (nSPS) is 19.3. The van der Waals surface area contributed by atoms with E-state index in [1.54, 1.807) is 0 Å². The molecule has 1 fully saturated rings. The molecule has 2 aromatic rings. The second kappa shape index (κ2) is 7.57. The Morgan fingerprint density at radius 2 is 1.96 bits per heavy atom. The Morgan fingerprint density at radius 1 is 1.21 bits per heavy atom. The van der Waals surface area contributed by atoms with Crippen molar-refractivity contribution in [2.75, 3.05) is 5.32 Å². The highest BCUT2D eigenvalue weighted by Gasteiger charge is 2.30. The summed E-state index contributed by atoms with van der Waals surface area (Å²) in [6, 6.07) is 2.44. The fourth-order valence-corrected chi connectivity index (χ4v) is 6.48. The first-order chi connectivity index (χ1) is 13.2. The van der Waals surface area contributed by atoms with Crippen molar-refractivity contribution >= 4 is 55.6 Å². The number of hydrogen-bond donors (Lipinski definition) is 2. The Kier molecular flexibility index (Phi) is 5.43. The van der Waals surface area contributed by atoms with Crippen molar-refractivity contribution in [2.45, 2.75) is 50.0 Å². The molecular weight excluding hydrogens is 441 g/mol. The number of carbonyl (C=O) groups excluding carboxylic acids is 1. The maximum absolute atomic E-state index is 12.7. The lowest BCUT2D eigenvalue weighted by Gasteiger charge is -2.15. The van der Waals surface area contributed by atoms with Crippen molar-refractivity contribution in [2.24, 2.45) is 5.92 Å². The molecule has 2 aliphatic carbocycles. The minimum absolute atomic E-state index is 0.0200. The SMILES string of the molecule is CC1CCc2nc(NC(=O)c3cc(S(=O)(=O)NC4CC4)c(Cl)cc3Cl)sc2C1. The second-order valence-corrected chi connectivity index (χ2v) is 10.9. The van der Waals surface area contributed by atoms with Crippen LogP contribution in [0, 0.1) is 5.92 Å². The van der Waals surface area contributed by atoms with E-state index in [1.165, 1.54) is 28.3 Å². The number of thiazole rings is 1. The molecule has 150 valence electrons. The van der Waals surface area contributed by atoms with Crippen molar-refractivity contribution < 1.29 is 13.2 Å². The van der Waals surface area contributed by atoms with Crippen LogP contribution < -0.4 is 10.0 Å². The number of aromatic nitrogens is 1. The van der Waals surface area contributed by atoms with Gasteiger partial charge in [0.05, 0.1) is 21.3 Å². The fourth-order valence-electron chi connectivity index (χ4n) is 3.15. The van der Waals surface area contributed by atoms with Crippen LogP contribution in [-0.4, -0.2) is 25.4 Å². The van der Waals surface area contributed by atoms with E-state index in [9.17, 15) is 13.2 Å². The molecule has 2 N–H and O–H groups in total. The smallest absolute Gasteiger partial charge is 0.259 e. The third kappa shape index (κ3) is 4.21. The molecule has 1 unspecified atom stereocenters.